The van der Waals surface area contributed by atoms with Crippen molar-refractivity contribution in [3.63, 3.8) is 0 Å². The van der Waals surface area contributed by atoms with E-state index >= 15 is 0 Å². The Morgan fingerprint density at radius 3 is 1.07 bits per heavy atom. The molecule has 0 aromatic heterocycles. The van der Waals surface area contributed by atoms with Gasteiger partial charge in [0.05, 0.1) is 0 Å². The van der Waals surface area contributed by atoms with Crippen LogP contribution in [0.1, 0.15) is 11.1 Å². The molecule has 2 radical (unpaired) electrons. The first kappa shape index (κ1) is 37.2. The van der Waals surface area contributed by atoms with Gasteiger partial charge in [-0.15, -0.1) is 63.1 Å². The Kier molecular flexibility index (Phi) is 15.9. The maximum atomic E-state index is 3.39. The first-order valence-electron chi connectivity index (χ1n) is 13.8. The Bertz CT molecular complexity index is 1640. The van der Waals surface area contributed by atoms with E-state index in [1.165, 1.54) is 60.1 Å². The predicted octanol–water partition coefficient (Wildman–Crippen LogP) is 3.62. The van der Waals surface area contributed by atoms with Crippen molar-refractivity contribution in [3.05, 3.63) is 175 Å². The van der Waals surface area contributed by atoms with Gasteiger partial charge in [-0.3, -0.25) is 0 Å². The standard InChI is InChI=1S/2C17H13.C6H5.Al.2ClH.Zr/c2*1-13-11-15-9-5-6-10-16(17(15)12-13)14-7-3-2-4-8-14;1-2-4-6-5-3-1;;;;/h2*2-10,12H,1H3;1-5H;;2*1H;/q2*-1;;;;;+4/p-2. The van der Waals surface area contributed by atoms with Gasteiger partial charge in [0.2, 0.25) is 0 Å². The molecule has 3 aromatic carbocycles. The van der Waals surface area contributed by atoms with E-state index in [1.807, 2.05) is 42.5 Å². The number of hydrogen-bond acceptors (Lipinski definition) is 0. The largest absolute Gasteiger partial charge is 4.00 e. The van der Waals surface area contributed by atoms with Crippen LogP contribution in [-0.2, 0) is 26.2 Å². The van der Waals surface area contributed by atoms with Crippen molar-refractivity contribution >= 4 is 20.7 Å². The Balaban J connectivity index is 0.000000239. The minimum atomic E-state index is 0. The van der Waals surface area contributed by atoms with Gasteiger partial charge < -0.3 is 24.8 Å². The van der Waals surface area contributed by atoms with Crippen LogP contribution in [0.4, 0.5) is 0 Å². The second kappa shape index (κ2) is 18.8. The summed E-state index contributed by atoms with van der Waals surface area (Å²) in [5.41, 5.74) is 12.4. The SMILES string of the molecule is Cc1[c-]c2ccccc(-c3ccccc3)c-2c1.Cc1[c-]c2ccccc(-c3ccccc3)c-2c1.[Al][c]1ccccc1.[Cl-].[Cl-].[Zr+4]. The summed E-state index contributed by atoms with van der Waals surface area (Å²) >= 11 is 2.63. The van der Waals surface area contributed by atoms with Crippen molar-refractivity contribution in [2.24, 2.45) is 0 Å². The molecule has 0 aliphatic heterocycles. The Hall–Kier alpha value is -2.94. The van der Waals surface area contributed by atoms with E-state index in [-0.39, 0.29) is 51.0 Å². The molecule has 4 aliphatic rings. The Morgan fingerprint density at radius 2 is 0.727 bits per heavy atom. The fraction of sp³-hybridized carbons (Fsp3) is 0.0500. The van der Waals surface area contributed by atoms with Crippen LogP contribution >= 0.6 is 0 Å². The van der Waals surface area contributed by atoms with Gasteiger partial charge in [-0.2, -0.15) is 23.3 Å². The zero-order valence-electron chi connectivity index (χ0n) is 24.8. The smallest absolute Gasteiger partial charge is 1.00 e. The van der Waals surface area contributed by atoms with Crippen molar-refractivity contribution in [1.82, 2.24) is 0 Å². The van der Waals surface area contributed by atoms with Crippen LogP contribution in [0, 0.1) is 26.0 Å². The summed E-state index contributed by atoms with van der Waals surface area (Å²) in [4.78, 5) is 0. The molecule has 0 fully saturated rings. The first-order valence-corrected chi connectivity index (χ1v) is 14.4. The summed E-state index contributed by atoms with van der Waals surface area (Å²) in [5, 5.41) is 0. The quantitative estimate of drug-likeness (QED) is 0.191. The number of halogens is 2. The number of rotatable bonds is 2. The van der Waals surface area contributed by atoms with Gasteiger partial charge in [0.25, 0.3) is 0 Å². The fourth-order valence-corrected chi connectivity index (χ4v) is 5.13. The number of hydrogen-bond donors (Lipinski definition) is 0. The van der Waals surface area contributed by atoms with Crippen LogP contribution in [0.15, 0.2) is 152 Å². The van der Waals surface area contributed by atoms with Crippen molar-refractivity contribution in [3.8, 4) is 44.5 Å². The molecule has 0 atom stereocenters. The van der Waals surface area contributed by atoms with Crippen LogP contribution in [0.5, 0.6) is 0 Å². The van der Waals surface area contributed by atoms with E-state index in [9.17, 15) is 0 Å². The van der Waals surface area contributed by atoms with Gasteiger partial charge in [0.15, 0.2) is 16.3 Å². The number of aryl methyl sites for hydroxylation is 2. The Morgan fingerprint density at radius 1 is 0.409 bits per heavy atom. The zero-order valence-corrected chi connectivity index (χ0v) is 29.9. The van der Waals surface area contributed by atoms with E-state index in [4.69, 9.17) is 0 Å². The first-order chi connectivity index (χ1) is 20.1. The van der Waals surface area contributed by atoms with E-state index in [0.29, 0.717) is 0 Å². The Labute approximate surface area is 302 Å². The molecule has 0 heterocycles. The van der Waals surface area contributed by atoms with Crippen LogP contribution in [0.3, 0.4) is 0 Å². The van der Waals surface area contributed by atoms with E-state index in [1.54, 1.807) is 0 Å². The van der Waals surface area contributed by atoms with E-state index < -0.39 is 0 Å². The van der Waals surface area contributed by atoms with Crippen molar-refractivity contribution < 1.29 is 51.0 Å². The average Bonchev–Trinajstić information content (AvgIpc) is 3.41. The molecule has 212 valence electrons. The molecule has 0 unspecified atom stereocenters. The van der Waals surface area contributed by atoms with Crippen molar-refractivity contribution in [2.45, 2.75) is 13.8 Å². The zero-order chi connectivity index (χ0) is 28.4. The maximum Gasteiger partial charge on any atom is 4.00 e. The fourth-order valence-electron chi connectivity index (χ4n) is 4.91. The number of fused-ring (bicyclic) bond motifs is 2. The summed E-state index contributed by atoms with van der Waals surface area (Å²) in [6.45, 7) is 4.18. The molecule has 4 heteroatoms. The average molecular weight is 701 g/mol. The van der Waals surface area contributed by atoms with Crippen LogP contribution in [0.25, 0.3) is 44.5 Å². The number of benzene rings is 3. The summed E-state index contributed by atoms with van der Waals surface area (Å²) in [5.74, 6) is 0. The molecule has 3 aromatic rings. The molecule has 0 saturated carbocycles. The van der Waals surface area contributed by atoms with Crippen molar-refractivity contribution in [1.29, 1.82) is 0 Å². The van der Waals surface area contributed by atoms with E-state index in [2.05, 4.69) is 151 Å². The van der Waals surface area contributed by atoms with Crippen LogP contribution in [0.2, 0.25) is 0 Å². The maximum absolute atomic E-state index is 3.39. The topological polar surface area (TPSA) is 0 Å². The minimum absolute atomic E-state index is 0. The molecule has 0 nitrogen and oxygen atoms in total. The van der Waals surface area contributed by atoms with Crippen LogP contribution in [-0.4, -0.2) is 16.3 Å². The predicted molar refractivity (Wildman–Crippen MR) is 176 cm³/mol. The molecule has 0 bridgehead atoms. The molecule has 44 heavy (non-hydrogen) atoms. The summed E-state index contributed by atoms with van der Waals surface area (Å²) in [7, 11) is 0. The van der Waals surface area contributed by atoms with Crippen LogP contribution < -0.4 is 29.2 Å². The molecule has 0 spiro atoms. The van der Waals surface area contributed by atoms with Crippen molar-refractivity contribution in [2.75, 3.05) is 0 Å². The summed E-state index contributed by atoms with van der Waals surface area (Å²) in [6.07, 6.45) is 0. The molecular weight excluding hydrogens is 670 g/mol. The third-order valence-corrected chi connectivity index (χ3v) is 7.17. The van der Waals surface area contributed by atoms with Gasteiger partial charge in [-0.1, -0.05) is 140 Å². The molecule has 0 saturated heterocycles. The van der Waals surface area contributed by atoms with E-state index in [0.717, 1.165) is 0 Å². The van der Waals surface area contributed by atoms with Gasteiger partial charge in [0.1, 0.15) is 0 Å². The molecule has 4 aliphatic carbocycles. The van der Waals surface area contributed by atoms with Gasteiger partial charge >= 0.3 is 26.2 Å². The second-order valence-electron chi connectivity index (χ2n) is 9.97. The molecule has 0 amide bonds. The second-order valence-corrected chi connectivity index (χ2v) is 10.6. The molecular formula is C40H31AlCl2Zr. The third-order valence-electron chi connectivity index (χ3n) is 6.79. The summed E-state index contributed by atoms with van der Waals surface area (Å²) < 4.78 is 1.24. The van der Waals surface area contributed by atoms with Gasteiger partial charge in [0, 0.05) is 0 Å². The normalized spacial score (nSPS) is 9.59. The summed E-state index contributed by atoms with van der Waals surface area (Å²) in [6, 6.07) is 59.2. The minimum Gasteiger partial charge on any atom is -1.00 e. The third kappa shape index (κ3) is 10.0. The monoisotopic (exact) mass is 698 g/mol. The van der Waals surface area contributed by atoms with Gasteiger partial charge in [-0.25, -0.2) is 0 Å². The van der Waals surface area contributed by atoms with Gasteiger partial charge in [-0.05, 0) is 11.1 Å². The molecule has 0 N–H and O–H groups in total. The molecule has 7 rings (SSSR count).